The van der Waals surface area contributed by atoms with Gasteiger partial charge in [-0.2, -0.15) is 0 Å². The summed E-state index contributed by atoms with van der Waals surface area (Å²) in [5.74, 6) is 0. The third-order valence-electron chi connectivity index (χ3n) is 2.72. The van der Waals surface area contributed by atoms with Crippen LogP contribution >= 0.6 is 11.6 Å². The molecule has 3 aromatic rings. The SMILES string of the molecule is O=c1c2ccccc2nnn1Cc1cc(Cl)ccn1. The number of rotatable bonds is 2. The molecule has 1 aromatic carbocycles. The molecular formula is C13H9ClN4O. The molecule has 0 aliphatic carbocycles. The Hall–Kier alpha value is -2.27. The van der Waals surface area contributed by atoms with Crippen molar-refractivity contribution in [1.82, 2.24) is 20.0 Å². The second kappa shape index (κ2) is 4.78. The van der Waals surface area contributed by atoms with Crippen molar-refractivity contribution in [1.29, 1.82) is 0 Å². The van der Waals surface area contributed by atoms with Crippen LogP contribution < -0.4 is 5.56 Å². The van der Waals surface area contributed by atoms with Crippen LogP contribution in [-0.2, 0) is 6.54 Å². The number of aromatic nitrogens is 4. The normalized spacial score (nSPS) is 10.8. The van der Waals surface area contributed by atoms with Gasteiger partial charge in [0.1, 0.15) is 5.52 Å². The van der Waals surface area contributed by atoms with Crippen LogP contribution in [0.25, 0.3) is 10.9 Å². The summed E-state index contributed by atoms with van der Waals surface area (Å²) in [6.45, 7) is 0.247. The zero-order valence-corrected chi connectivity index (χ0v) is 10.6. The number of hydrogen-bond acceptors (Lipinski definition) is 4. The third-order valence-corrected chi connectivity index (χ3v) is 2.95. The van der Waals surface area contributed by atoms with Crippen molar-refractivity contribution in [2.24, 2.45) is 0 Å². The van der Waals surface area contributed by atoms with E-state index >= 15 is 0 Å². The average Bonchev–Trinajstić information content (AvgIpc) is 2.42. The quantitative estimate of drug-likeness (QED) is 0.715. The monoisotopic (exact) mass is 272 g/mol. The minimum atomic E-state index is -0.188. The number of pyridine rings is 1. The fourth-order valence-corrected chi connectivity index (χ4v) is 2.00. The van der Waals surface area contributed by atoms with Gasteiger partial charge in [-0.05, 0) is 24.3 Å². The Morgan fingerprint density at radius 1 is 1.21 bits per heavy atom. The lowest BCUT2D eigenvalue weighted by Gasteiger charge is -2.04. The van der Waals surface area contributed by atoms with E-state index in [1.54, 1.807) is 36.5 Å². The molecule has 19 heavy (non-hydrogen) atoms. The van der Waals surface area contributed by atoms with Gasteiger partial charge in [-0.25, -0.2) is 4.68 Å². The summed E-state index contributed by atoms with van der Waals surface area (Å²) >= 11 is 5.88. The van der Waals surface area contributed by atoms with Crippen LogP contribution in [0.4, 0.5) is 0 Å². The molecule has 94 valence electrons. The third kappa shape index (κ3) is 2.32. The molecule has 0 unspecified atom stereocenters. The predicted molar refractivity (Wildman–Crippen MR) is 72.1 cm³/mol. The van der Waals surface area contributed by atoms with Crippen LogP contribution in [0.5, 0.6) is 0 Å². The van der Waals surface area contributed by atoms with E-state index in [-0.39, 0.29) is 12.1 Å². The van der Waals surface area contributed by atoms with Crippen LogP contribution in [0.2, 0.25) is 5.02 Å². The lowest BCUT2D eigenvalue weighted by Crippen LogP contribution is -2.25. The van der Waals surface area contributed by atoms with E-state index in [4.69, 9.17) is 11.6 Å². The smallest absolute Gasteiger partial charge is 0.267 e. The van der Waals surface area contributed by atoms with Gasteiger partial charge in [-0.1, -0.05) is 28.9 Å². The number of fused-ring (bicyclic) bond motifs is 1. The van der Waals surface area contributed by atoms with E-state index < -0.39 is 0 Å². The van der Waals surface area contributed by atoms with Crippen LogP contribution in [0, 0.1) is 0 Å². The predicted octanol–water partition coefficient (Wildman–Crippen LogP) is 1.89. The van der Waals surface area contributed by atoms with Gasteiger partial charge in [0.25, 0.3) is 5.56 Å². The molecule has 0 aliphatic rings. The van der Waals surface area contributed by atoms with Gasteiger partial charge in [0.15, 0.2) is 0 Å². The van der Waals surface area contributed by atoms with Crippen molar-refractivity contribution in [2.75, 3.05) is 0 Å². The standard InChI is InChI=1S/C13H9ClN4O/c14-9-5-6-15-10(7-9)8-18-13(19)11-3-1-2-4-12(11)16-17-18/h1-7H,8H2. The molecule has 0 bridgehead atoms. The summed E-state index contributed by atoms with van der Waals surface area (Å²) in [7, 11) is 0. The minimum Gasteiger partial charge on any atom is -0.267 e. The molecular weight excluding hydrogens is 264 g/mol. The van der Waals surface area contributed by atoms with Gasteiger partial charge in [0.2, 0.25) is 0 Å². The van der Waals surface area contributed by atoms with E-state index in [2.05, 4.69) is 15.3 Å². The molecule has 5 nitrogen and oxygen atoms in total. The summed E-state index contributed by atoms with van der Waals surface area (Å²) < 4.78 is 1.28. The molecule has 6 heteroatoms. The molecule has 0 saturated heterocycles. The molecule has 0 N–H and O–H groups in total. The zero-order chi connectivity index (χ0) is 13.2. The lowest BCUT2D eigenvalue weighted by atomic mass is 10.2. The lowest BCUT2D eigenvalue weighted by molar-refractivity contribution is 0.592. The second-order valence-electron chi connectivity index (χ2n) is 4.03. The van der Waals surface area contributed by atoms with Gasteiger partial charge in [0, 0.05) is 11.2 Å². The minimum absolute atomic E-state index is 0.188. The van der Waals surface area contributed by atoms with Crippen LogP contribution in [-0.4, -0.2) is 20.0 Å². The summed E-state index contributed by atoms with van der Waals surface area (Å²) in [6.07, 6.45) is 1.59. The van der Waals surface area contributed by atoms with E-state index in [0.717, 1.165) is 0 Å². The molecule has 0 fully saturated rings. The van der Waals surface area contributed by atoms with Gasteiger partial charge in [-0.3, -0.25) is 9.78 Å². The number of hydrogen-bond donors (Lipinski definition) is 0. The topological polar surface area (TPSA) is 60.7 Å². The maximum absolute atomic E-state index is 12.2. The Labute approximate surface area is 113 Å². The van der Waals surface area contributed by atoms with Gasteiger partial charge in [-0.15, -0.1) is 5.10 Å². The maximum Gasteiger partial charge on any atom is 0.277 e. The first-order chi connectivity index (χ1) is 9.24. The van der Waals surface area contributed by atoms with Crippen molar-refractivity contribution in [3.63, 3.8) is 0 Å². The Morgan fingerprint density at radius 2 is 2.05 bits per heavy atom. The molecule has 2 heterocycles. The molecule has 0 aliphatic heterocycles. The zero-order valence-electron chi connectivity index (χ0n) is 9.82. The summed E-state index contributed by atoms with van der Waals surface area (Å²) in [5.41, 5.74) is 1.06. The largest absolute Gasteiger partial charge is 0.277 e. The van der Waals surface area contributed by atoms with Crippen molar-refractivity contribution in [2.45, 2.75) is 6.54 Å². The highest BCUT2D eigenvalue weighted by Gasteiger charge is 2.06. The maximum atomic E-state index is 12.2. The second-order valence-corrected chi connectivity index (χ2v) is 4.47. The van der Waals surface area contributed by atoms with Crippen LogP contribution in [0.1, 0.15) is 5.69 Å². The highest BCUT2D eigenvalue weighted by molar-refractivity contribution is 6.30. The molecule has 0 amide bonds. The van der Waals surface area contributed by atoms with Crippen molar-refractivity contribution in [3.8, 4) is 0 Å². The summed E-state index contributed by atoms with van der Waals surface area (Å²) in [6, 6.07) is 10.5. The summed E-state index contributed by atoms with van der Waals surface area (Å²) in [4.78, 5) is 16.4. The van der Waals surface area contributed by atoms with E-state index in [9.17, 15) is 4.79 Å². The molecule has 0 atom stereocenters. The van der Waals surface area contributed by atoms with Crippen molar-refractivity contribution < 1.29 is 0 Å². The molecule has 2 aromatic heterocycles. The molecule has 0 radical (unpaired) electrons. The Balaban J connectivity index is 2.06. The highest BCUT2D eigenvalue weighted by atomic mass is 35.5. The Morgan fingerprint density at radius 3 is 2.89 bits per heavy atom. The highest BCUT2D eigenvalue weighted by Crippen LogP contribution is 2.09. The first-order valence-corrected chi connectivity index (χ1v) is 6.05. The fourth-order valence-electron chi connectivity index (χ4n) is 1.82. The van der Waals surface area contributed by atoms with Crippen molar-refractivity contribution >= 4 is 22.5 Å². The average molecular weight is 273 g/mol. The van der Waals surface area contributed by atoms with Gasteiger partial charge in [0.05, 0.1) is 17.6 Å². The van der Waals surface area contributed by atoms with E-state index in [1.807, 2.05) is 6.07 Å². The first-order valence-electron chi connectivity index (χ1n) is 5.67. The van der Waals surface area contributed by atoms with Crippen molar-refractivity contribution in [3.05, 3.63) is 63.7 Å². The van der Waals surface area contributed by atoms with Gasteiger partial charge >= 0.3 is 0 Å². The number of benzene rings is 1. The Kier molecular flexibility index (Phi) is 2.97. The molecule has 3 rings (SSSR count). The van der Waals surface area contributed by atoms with Crippen LogP contribution in [0.15, 0.2) is 47.4 Å². The molecule has 0 spiro atoms. The van der Waals surface area contributed by atoms with Gasteiger partial charge < -0.3 is 0 Å². The summed E-state index contributed by atoms with van der Waals surface area (Å²) in [5, 5.41) is 9.03. The Bertz CT molecular complexity index is 800. The fraction of sp³-hybridized carbons (Fsp3) is 0.0769. The van der Waals surface area contributed by atoms with Crippen LogP contribution in [0.3, 0.4) is 0 Å². The van der Waals surface area contributed by atoms with E-state index in [1.165, 1.54) is 4.68 Å². The number of halogens is 1. The number of nitrogens with zero attached hydrogens (tertiary/aromatic N) is 4. The first kappa shape index (κ1) is 11.8. The van der Waals surface area contributed by atoms with E-state index in [0.29, 0.717) is 21.6 Å². The molecule has 0 saturated carbocycles.